The molecule has 28 heavy (non-hydrogen) atoms. The fourth-order valence-electron chi connectivity index (χ4n) is 3.04. The van der Waals surface area contributed by atoms with Crippen LogP contribution in [0.25, 0.3) is 11.0 Å². The summed E-state index contributed by atoms with van der Waals surface area (Å²) in [6, 6.07) is 20.2. The molecule has 0 atom stereocenters. The molecule has 136 valence electrons. The highest BCUT2D eigenvalue weighted by atomic mass is 16.1. The minimum absolute atomic E-state index is 0.120. The summed E-state index contributed by atoms with van der Waals surface area (Å²) in [6.07, 6.45) is 1.61. The van der Waals surface area contributed by atoms with E-state index in [1.54, 1.807) is 48.7 Å². The second-order valence-electron chi connectivity index (χ2n) is 6.38. The van der Waals surface area contributed by atoms with Crippen LogP contribution in [0.2, 0.25) is 0 Å². The number of aromatic nitrogens is 3. The van der Waals surface area contributed by atoms with Crippen molar-refractivity contribution in [2.75, 3.05) is 5.32 Å². The number of hydrogen-bond acceptors (Lipinski definition) is 5. The van der Waals surface area contributed by atoms with Gasteiger partial charge in [-0.1, -0.05) is 6.07 Å². The normalized spacial score (nSPS) is 10.6. The number of nitrogens with one attached hydrogen (secondary N) is 1. The van der Waals surface area contributed by atoms with Gasteiger partial charge in [-0.3, -0.25) is 9.78 Å². The fraction of sp³-hybridized carbons (Fsp3) is 0.0909. The first-order valence-corrected chi connectivity index (χ1v) is 8.81. The molecule has 6 heteroatoms. The first-order chi connectivity index (χ1) is 13.7. The quantitative estimate of drug-likeness (QED) is 0.544. The Kier molecular flexibility index (Phi) is 4.56. The predicted octanol–water partition coefficient (Wildman–Crippen LogP) is 3.68. The molecule has 0 radical (unpaired) electrons. The number of carbonyl (C=O) groups excluding carboxylic acids is 1. The van der Waals surface area contributed by atoms with Crippen molar-refractivity contribution in [3.05, 3.63) is 89.5 Å². The number of nitriles is 1. The molecule has 0 aliphatic carbocycles. The summed E-state index contributed by atoms with van der Waals surface area (Å²) in [5.74, 6) is 0.729. The number of fused-ring (bicyclic) bond motifs is 1. The predicted molar refractivity (Wildman–Crippen MR) is 107 cm³/mol. The molecule has 2 aromatic carbocycles. The molecular formula is C22H17N5O. The van der Waals surface area contributed by atoms with Crippen molar-refractivity contribution in [2.24, 2.45) is 7.05 Å². The van der Waals surface area contributed by atoms with Gasteiger partial charge < -0.3 is 9.88 Å². The lowest BCUT2D eigenvalue weighted by atomic mass is 10.1. The monoisotopic (exact) mass is 367 g/mol. The minimum Gasteiger partial charge on any atom is -0.378 e. The van der Waals surface area contributed by atoms with Crippen molar-refractivity contribution in [1.29, 1.82) is 5.26 Å². The Bertz CT molecular complexity index is 1190. The Labute approximate surface area is 162 Å². The van der Waals surface area contributed by atoms with Gasteiger partial charge in [-0.05, 0) is 54.6 Å². The van der Waals surface area contributed by atoms with Crippen LogP contribution in [0.5, 0.6) is 0 Å². The molecule has 0 unspecified atom stereocenters. The van der Waals surface area contributed by atoms with Gasteiger partial charge >= 0.3 is 0 Å². The summed E-state index contributed by atoms with van der Waals surface area (Å²) < 4.78 is 2.00. The van der Waals surface area contributed by atoms with Crippen LogP contribution in [0.3, 0.4) is 0 Å². The van der Waals surface area contributed by atoms with E-state index in [9.17, 15) is 4.79 Å². The summed E-state index contributed by atoms with van der Waals surface area (Å²) >= 11 is 0. The van der Waals surface area contributed by atoms with Gasteiger partial charge in [0.05, 0.1) is 29.2 Å². The van der Waals surface area contributed by atoms with Gasteiger partial charge in [-0.15, -0.1) is 0 Å². The lowest BCUT2D eigenvalue weighted by Gasteiger charge is -2.06. The van der Waals surface area contributed by atoms with Crippen LogP contribution < -0.4 is 5.32 Å². The molecule has 0 saturated carbocycles. The van der Waals surface area contributed by atoms with Crippen LogP contribution in [0, 0.1) is 11.3 Å². The molecule has 0 fully saturated rings. The van der Waals surface area contributed by atoms with E-state index in [2.05, 4.69) is 21.4 Å². The van der Waals surface area contributed by atoms with Gasteiger partial charge in [0.25, 0.3) is 0 Å². The van der Waals surface area contributed by atoms with Crippen LogP contribution in [0.4, 0.5) is 5.69 Å². The zero-order valence-electron chi connectivity index (χ0n) is 15.3. The number of pyridine rings is 1. The molecule has 0 aliphatic rings. The van der Waals surface area contributed by atoms with Gasteiger partial charge in [0.15, 0.2) is 0 Å². The second kappa shape index (κ2) is 7.33. The summed E-state index contributed by atoms with van der Waals surface area (Å²) in [5, 5.41) is 12.2. The maximum Gasteiger partial charge on any atom is 0.211 e. The van der Waals surface area contributed by atoms with Crippen molar-refractivity contribution in [1.82, 2.24) is 14.5 Å². The Morgan fingerprint density at radius 3 is 2.68 bits per heavy atom. The Morgan fingerprint density at radius 2 is 1.96 bits per heavy atom. The van der Waals surface area contributed by atoms with Crippen molar-refractivity contribution in [3.63, 3.8) is 0 Å². The molecule has 2 heterocycles. The molecule has 0 aliphatic heterocycles. The van der Waals surface area contributed by atoms with Crippen molar-refractivity contribution in [2.45, 2.75) is 6.54 Å². The number of ketones is 1. The Hall–Kier alpha value is -3.98. The summed E-state index contributed by atoms with van der Waals surface area (Å²) in [4.78, 5) is 21.4. The zero-order chi connectivity index (χ0) is 19.5. The van der Waals surface area contributed by atoms with Crippen LogP contribution in [0.1, 0.15) is 27.4 Å². The van der Waals surface area contributed by atoms with Gasteiger partial charge in [-0.2, -0.15) is 5.26 Å². The van der Waals surface area contributed by atoms with E-state index >= 15 is 0 Å². The zero-order valence-corrected chi connectivity index (χ0v) is 15.3. The van der Waals surface area contributed by atoms with Crippen LogP contribution in [-0.2, 0) is 13.6 Å². The largest absolute Gasteiger partial charge is 0.378 e. The number of imidazole rings is 1. The molecule has 0 saturated heterocycles. The SMILES string of the molecule is Cn1c(CNc2ccc(C#N)cc2)nc2cc(C(=O)c3ccccn3)ccc21. The maximum absolute atomic E-state index is 12.6. The topological polar surface area (TPSA) is 83.6 Å². The molecule has 0 spiro atoms. The number of anilines is 1. The number of aryl methyl sites for hydroxylation is 1. The molecule has 0 amide bonds. The van der Waals surface area contributed by atoms with Gasteiger partial charge in [-0.25, -0.2) is 4.98 Å². The number of benzene rings is 2. The van der Waals surface area contributed by atoms with Crippen LogP contribution in [-0.4, -0.2) is 20.3 Å². The third-order valence-electron chi connectivity index (χ3n) is 4.60. The Balaban J connectivity index is 1.57. The highest BCUT2D eigenvalue weighted by molar-refractivity contribution is 6.09. The first-order valence-electron chi connectivity index (χ1n) is 8.81. The van der Waals surface area contributed by atoms with E-state index in [0.29, 0.717) is 23.4 Å². The van der Waals surface area contributed by atoms with Crippen LogP contribution in [0.15, 0.2) is 66.9 Å². The third kappa shape index (κ3) is 3.33. The second-order valence-corrected chi connectivity index (χ2v) is 6.38. The van der Waals surface area contributed by atoms with Crippen molar-refractivity contribution < 1.29 is 4.79 Å². The minimum atomic E-state index is -0.120. The van der Waals surface area contributed by atoms with Crippen LogP contribution >= 0.6 is 0 Å². The van der Waals surface area contributed by atoms with E-state index in [4.69, 9.17) is 5.26 Å². The molecule has 4 aromatic rings. The van der Waals surface area contributed by atoms with Gasteiger partial charge in [0.1, 0.15) is 11.5 Å². The lowest BCUT2D eigenvalue weighted by molar-refractivity contribution is 0.103. The molecule has 1 N–H and O–H groups in total. The Morgan fingerprint density at radius 1 is 1.14 bits per heavy atom. The highest BCUT2D eigenvalue weighted by Gasteiger charge is 2.14. The average molecular weight is 367 g/mol. The van der Waals surface area contributed by atoms with E-state index < -0.39 is 0 Å². The molecule has 2 aromatic heterocycles. The number of hydrogen-bond donors (Lipinski definition) is 1. The summed E-state index contributed by atoms with van der Waals surface area (Å²) in [7, 11) is 1.95. The smallest absolute Gasteiger partial charge is 0.211 e. The molecular weight excluding hydrogens is 350 g/mol. The summed E-state index contributed by atoms with van der Waals surface area (Å²) in [5.41, 5.74) is 4.24. The lowest BCUT2D eigenvalue weighted by Crippen LogP contribution is -2.05. The highest BCUT2D eigenvalue weighted by Crippen LogP contribution is 2.19. The van der Waals surface area contributed by atoms with Crippen molar-refractivity contribution >= 4 is 22.5 Å². The van der Waals surface area contributed by atoms with E-state index in [1.165, 1.54) is 0 Å². The fourth-order valence-corrected chi connectivity index (χ4v) is 3.04. The van der Waals surface area contributed by atoms with Crippen molar-refractivity contribution in [3.8, 4) is 6.07 Å². The van der Waals surface area contributed by atoms with E-state index in [-0.39, 0.29) is 5.78 Å². The average Bonchev–Trinajstić information content (AvgIpc) is 3.07. The summed E-state index contributed by atoms with van der Waals surface area (Å²) in [6.45, 7) is 0.528. The van der Waals surface area contributed by atoms with Gasteiger partial charge in [0.2, 0.25) is 5.78 Å². The number of rotatable bonds is 5. The number of nitrogens with zero attached hydrogens (tertiary/aromatic N) is 4. The van der Waals surface area contributed by atoms with Gasteiger partial charge in [0, 0.05) is 24.5 Å². The molecule has 4 rings (SSSR count). The van der Waals surface area contributed by atoms with E-state index in [0.717, 1.165) is 22.5 Å². The van der Waals surface area contributed by atoms with E-state index in [1.807, 2.05) is 29.8 Å². The standard InChI is InChI=1S/C22H17N5O/c1-27-20-10-7-16(22(28)18-4-2-3-11-24-18)12-19(20)26-21(27)14-25-17-8-5-15(13-23)6-9-17/h2-12,25H,14H2,1H3. The first kappa shape index (κ1) is 17.4. The third-order valence-corrected chi connectivity index (χ3v) is 4.60. The number of carbonyl (C=O) groups is 1. The maximum atomic E-state index is 12.6. The molecule has 6 nitrogen and oxygen atoms in total. The molecule has 0 bridgehead atoms.